The first-order valence-corrected chi connectivity index (χ1v) is 11.3. The van der Waals surface area contributed by atoms with Gasteiger partial charge in [0.1, 0.15) is 29.8 Å². The molecule has 9 nitrogen and oxygen atoms in total. The average molecular weight is 462 g/mol. The number of H-pyrrole nitrogens is 1. The minimum atomic E-state index is -0.852. The van der Waals surface area contributed by atoms with Crippen molar-refractivity contribution in [3.63, 3.8) is 0 Å². The fraction of sp³-hybridized carbons (Fsp3) is 0.320. The first-order valence-electron chi connectivity index (χ1n) is 11.3. The molecule has 0 bridgehead atoms. The molecular weight excluding hydrogens is 434 g/mol. The molecule has 2 aromatic heterocycles. The smallest absolute Gasteiger partial charge is 0.325 e. The molecule has 0 spiro atoms. The number of aromatic amines is 1. The maximum Gasteiger partial charge on any atom is 0.325 e. The van der Waals surface area contributed by atoms with Gasteiger partial charge in [-0.05, 0) is 24.6 Å². The molecule has 1 saturated heterocycles. The summed E-state index contributed by atoms with van der Waals surface area (Å²) in [6.45, 7) is 5.79. The lowest BCUT2D eigenvalue weighted by Gasteiger charge is -2.37. The third-order valence-corrected chi connectivity index (χ3v) is 6.35. The van der Waals surface area contributed by atoms with Crippen LogP contribution in [0.25, 0.3) is 10.9 Å². The summed E-state index contributed by atoms with van der Waals surface area (Å²) in [4.78, 5) is 19.8. The number of aromatic nitrogens is 3. The Morgan fingerprint density at radius 3 is 2.65 bits per heavy atom. The van der Waals surface area contributed by atoms with Crippen LogP contribution in [-0.2, 0) is 17.9 Å². The van der Waals surface area contributed by atoms with Crippen molar-refractivity contribution in [2.24, 2.45) is 0 Å². The normalized spacial score (nSPS) is 16.0. The summed E-state index contributed by atoms with van der Waals surface area (Å²) in [6, 6.07) is 15.0. The van der Waals surface area contributed by atoms with Crippen molar-refractivity contribution in [3.8, 4) is 5.75 Å². The average Bonchev–Trinajstić information content (AvgIpc) is 3.45. The van der Waals surface area contributed by atoms with Gasteiger partial charge in [0.05, 0.1) is 0 Å². The lowest BCUT2D eigenvalue weighted by atomic mass is 10.0. The summed E-state index contributed by atoms with van der Waals surface area (Å²) in [7, 11) is 0. The minimum Gasteiger partial charge on any atom is -0.489 e. The van der Waals surface area contributed by atoms with Gasteiger partial charge in [-0.25, -0.2) is 4.63 Å². The van der Waals surface area contributed by atoms with E-state index in [4.69, 9.17) is 9.37 Å². The minimum absolute atomic E-state index is 0.478. The van der Waals surface area contributed by atoms with Gasteiger partial charge in [0.2, 0.25) is 0 Å². The summed E-state index contributed by atoms with van der Waals surface area (Å²) >= 11 is 0. The molecule has 0 amide bonds. The number of carboxylic acid groups (broad SMARTS) is 1. The molecule has 1 fully saturated rings. The second kappa shape index (κ2) is 9.66. The monoisotopic (exact) mass is 461 g/mol. The number of piperazine rings is 1. The summed E-state index contributed by atoms with van der Waals surface area (Å²) in [5.74, 6) is -0.113. The van der Waals surface area contributed by atoms with Gasteiger partial charge < -0.3 is 14.8 Å². The quantitative estimate of drug-likeness (QED) is 0.411. The summed E-state index contributed by atoms with van der Waals surface area (Å²) < 4.78 is 10.7. The van der Waals surface area contributed by atoms with Crippen LogP contribution in [0.1, 0.15) is 28.6 Å². The lowest BCUT2D eigenvalue weighted by molar-refractivity contribution is -0.144. The van der Waals surface area contributed by atoms with Gasteiger partial charge in [-0.3, -0.25) is 14.6 Å². The number of aryl methyl sites for hydroxylation is 1. The van der Waals surface area contributed by atoms with E-state index in [0.717, 1.165) is 52.3 Å². The largest absolute Gasteiger partial charge is 0.489 e. The number of ether oxygens (including phenoxy) is 1. The summed E-state index contributed by atoms with van der Waals surface area (Å²) in [5.41, 5.74) is 4.33. The van der Waals surface area contributed by atoms with Crippen LogP contribution >= 0.6 is 0 Å². The Morgan fingerprint density at radius 2 is 1.94 bits per heavy atom. The fourth-order valence-electron chi connectivity index (χ4n) is 4.45. The molecule has 176 valence electrons. The van der Waals surface area contributed by atoms with E-state index in [2.05, 4.69) is 20.2 Å². The van der Waals surface area contributed by atoms with Crippen LogP contribution in [0.15, 0.2) is 59.4 Å². The van der Waals surface area contributed by atoms with E-state index < -0.39 is 12.0 Å². The van der Waals surface area contributed by atoms with Gasteiger partial charge in [-0.1, -0.05) is 40.6 Å². The summed E-state index contributed by atoms with van der Waals surface area (Å²) in [6.07, 6.45) is 1.81. The van der Waals surface area contributed by atoms with Crippen LogP contribution in [0.3, 0.4) is 0 Å². The van der Waals surface area contributed by atoms with Crippen LogP contribution < -0.4 is 4.74 Å². The van der Waals surface area contributed by atoms with E-state index in [-0.39, 0.29) is 0 Å². The Hall–Kier alpha value is -3.69. The third-order valence-electron chi connectivity index (χ3n) is 6.35. The van der Waals surface area contributed by atoms with Crippen molar-refractivity contribution in [3.05, 3.63) is 77.2 Å². The van der Waals surface area contributed by atoms with Crippen molar-refractivity contribution in [2.45, 2.75) is 26.1 Å². The van der Waals surface area contributed by atoms with Crippen LogP contribution in [-0.4, -0.2) is 62.4 Å². The Kier molecular flexibility index (Phi) is 6.29. The van der Waals surface area contributed by atoms with Gasteiger partial charge >= 0.3 is 5.97 Å². The predicted octanol–water partition coefficient (Wildman–Crippen LogP) is 3.38. The highest BCUT2D eigenvalue weighted by Gasteiger charge is 2.32. The van der Waals surface area contributed by atoms with Crippen LogP contribution in [0.5, 0.6) is 5.75 Å². The molecule has 3 heterocycles. The second-order valence-electron chi connectivity index (χ2n) is 8.57. The number of benzene rings is 2. The van der Waals surface area contributed by atoms with E-state index >= 15 is 0 Å². The second-order valence-corrected chi connectivity index (χ2v) is 8.57. The van der Waals surface area contributed by atoms with E-state index in [0.29, 0.717) is 26.2 Å². The van der Waals surface area contributed by atoms with Crippen molar-refractivity contribution >= 4 is 16.9 Å². The maximum atomic E-state index is 12.3. The van der Waals surface area contributed by atoms with Gasteiger partial charge in [0.15, 0.2) is 0 Å². The maximum absolute atomic E-state index is 12.3. The molecule has 0 aliphatic carbocycles. The van der Waals surface area contributed by atoms with Gasteiger partial charge in [0.25, 0.3) is 0 Å². The third kappa shape index (κ3) is 4.66. The standard InChI is InChI=1S/C25H27N5O4/c1-17-23(28-34-27-17)15-29-9-11-30(12-10-29)24(25(31)32)21-14-26-22-13-19(7-8-20(21)22)33-16-18-5-3-2-4-6-18/h2-8,13-14,24,26H,9-12,15-16H2,1H3,(H,31,32)/t24-/m0/s1. The highest BCUT2D eigenvalue weighted by molar-refractivity contribution is 5.90. The molecule has 0 saturated carbocycles. The molecule has 0 radical (unpaired) electrons. The first-order chi connectivity index (χ1) is 16.6. The molecular formula is C25H27N5O4. The highest BCUT2D eigenvalue weighted by Crippen LogP contribution is 2.32. The molecule has 9 heteroatoms. The molecule has 1 aliphatic heterocycles. The topological polar surface area (TPSA) is 108 Å². The van der Waals surface area contributed by atoms with E-state index in [1.54, 1.807) is 6.20 Å². The lowest BCUT2D eigenvalue weighted by Crippen LogP contribution is -2.48. The summed E-state index contributed by atoms with van der Waals surface area (Å²) in [5, 5.41) is 18.8. The van der Waals surface area contributed by atoms with Gasteiger partial charge in [-0.15, -0.1) is 0 Å². The number of fused-ring (bicyclic) bond motifs is 1. The SMILES string of the molecule is Cc1nonc1CN1CCN([C@H](C(=O)O)c2c[nH]c3cc(OCc4ccccc4)ccc23)CC1. The Bertz CT molecular complexity index is 1260. The zero-order chi connectivity index (χ0) is 23.5. The van der Waals surface area contributed by atoms with Gasteiger partial charge in [0, 0.05) is 61.5 Å². The van der Waals surface area contributed by atoms with Crippen molar-refractivity contribution < 1.29 is 19.3 Å². The van der Waals surface area contributed by atoms with E-state index in [9.17, 15) is 9.90 Å². The Labute approximate surface area is 196 Å². The number of hydrogen-bond donors (Lipinski definition) is 2. The van der Waals surface area contributed by atoms with E-state index in [1.807, 2.05) is 60.4 Å². The molecule has 0 unspecified atom stereocenters. The van der Waals surface area contributed by atoms with Crippen LogP contribution in [0, 0.1) is 6.92 Å². The molecule has 4 aromatic rings. The van der Waals surface area contributed by atoms with Crippen molar-refractivity contribution in [1.82, 2.24) is 25.1 Å². The van der Waals surface area contributed by atoms with Crippen molar-refractivity contribution in [1.29, 1.82) is 0 Å². The highest BCUT2D eigenvalue weighted by atomic mass is 16.6. The molecule has 1 atom stereocenters. The number of aliphatic carboxylic acids is 1. The number of carboxylic acids is 1. The van der Waals surface area contributed by atoms with Crippen molar-refractivity contribution in [2.75, 3.05) is 26.2 Å². The Balaban J connectivity index is 1.28. The Morgan fingerprint density at radius 1 is 1.15 bits per heavy atom. The molecule has 34 heavy (non-hydrogen) atoms. The van der Waals surface area contributed by atoms with Crippen LogP contribution in [0.2, 0.25) is 0 Å². The molecule has 5 rings (SSSR count). The molecule has 1 aliphatic rings. The van der Waals surface area contributed by atoms with Crippen LogP contribution in [0.4, 0.5) is 0 Å². The number of hydrogen-bond acceptors (Lipinski definition) is 7. The van der Waals surface area contributed by atoms with E-state index in [1.165, 1.54) is 0 Å². The molecule has 2 aromatic carbocycles. The predicted molar refractivity (Wildman–Crippen MR) is 125 cm³/mol. The number of nitrogens with zero attached hydrogens (tertiary/aromatic N) is 4. The number of carbonyl (C=O) groups is 1. The fourth-order valence-corrected chi connectivity index (χ4v) is 4.45. The zero-order valence-corrected chi connectivity index (χ0v) is 19.0. The first kappa shape index (κ1) is 22.1. The van der Waals surface area contributed by atoms with Gasteiger partial charge in [-0.2, -0.15) is 0 Å². The number of nitrogens with one attached hydrogen (secondary N) is 1. The molecule has 2 N–H and O–H groups in total. The zero-order valence-electron chi connectivity index (χ0n) is 19.0. The number of rotatable bonds is 8.